The van der Waals surface area contributed by atoms with Gasteiger partial charge in [0.05, 0.1) is 0 Å². The van der Waals surface area contributed by atoms with Gasteiger partial charge in [-0.1, -0.05) is 6.08 Å². The van der Waals surface area contributed by atoms with Crippen molar-refractivity contribution in [2.75, 3.05) is 13.1 Å². The molecule has 1 aliphatic rings. The molecule has 2 rings (SSSR count). The molecule has 2 heteroatoms. The number of hydrogen-bond acceptors (Lipinski definition) is 2. The standard InChI is InChI=1S/C11H13NS/c1-2-12-6-3-10(4-7-12)11-5-8-13-9-11/h3-6,8-9H,2,7H2,1H3. The zero-order chi connectivity index (χ0) is 9.10. The van der Waals surface area contributed by atoms with Gasteiger partial charge in [-0.2, -0.15) is 11.3 Å². The number of rotatable bonds is 2. The van der Waals surface area contributed by atoms with E-state index in [2.05, 4.69) is 47.0 Å². The Balaban J connectivity index is 2.13. The Bertz CT molecular complexity index is 322. The molecule has 0 atom stereocenters. The van der Waals surface area contributed by atoms with Crippen molar-refractivity contribution in [3.63, 3.8) is 0 Å². The van der Waals surface area contributed by atoms with Crippen LogP contribution in [0.5, 0.6) is 0 Å². The molecule has 13 heavy (non-hydrogen) atoms. The second-order valence-electron chi connectivity index (χ2n) is 3.07. The van der Waals surface area contributed by atoms with Crippen LogP contribution in [0.15, 0.2) is 35.2 Å². The van der Waals surface area contributed by atoms with Crippen LogP contribution in [0.4, 0.5) is 0 Å². The fourth-order valence-corrected chi connectivity index (χ4v) is 2.07. The summed E-state index contributed by atoms with van der Waals surface area (Å²) >= 11 is 1.75. The fraction of sp³-hybridized carbons (Fsp3) is 0.273. The normalized spacial score (nSPS) is 16.1. The zero-order valence-electron chi connectivity index (χ0n) is 7.73. The molecule has 0 aromatic carbocycles. The third-order valence-electron chi connectivity index (χ3n) is 2.27. The monoisotopic (exact) mass is 191 g/mol. The molecule has 1 aromatic heterocycles. The highest BCUT2D eigenvalue weighted by Crippen LogP contribution is 2.21. The lowest BCUT2D eigenvalue weighted by atomic mass is 10.1. The van der Waals surface area contributed by atoms with Gasteiger partial charge in [0, 0.05) is 13.1 Å². The van der Waals surface area contributed by atoms with E-state index >= 15 is 0 Å². The fourth-order valence-electron chi connectivity index (χ4n) is 1.41. The molecule has 1 aliphatic heterocycles. The second kappa shape index (κ2) is 3.79. The summed E-state index contributed by atoms with van der Waals surface area (Å²) in [6.45, 7) is 4.30. The molecule has 0 radical (unpaired) electrons. The van der Waals surface area contributed by atoms with Crippen LogP contribution in [0.3, 0.4) is 0 Å². The molecule has 0 spiro atoms. The van der Waals surface area contributed by atoms with Crippen molar-refractivity contribution in [2.45, 2.75) is 6.92 Å². The quantitative estimate of drug-likeness (QED) is 0.694. The molecule has 1 nitrogen and oxygen atoms in total. The molecule has 0 saturated heterocycles. The van der Waals surface area contributed by atoms with E-state index < -0.39 is 0 Å². The van der Waals surface area contributed by atoms with Crippen molar-refractivity contribution < 1.29 is 0 Å². The first-order valence-corrected chi connectivity index (χ1v) is 5.49. The molecule has 0 fully saturated rings. The summed E-state index contributed by atoms with van der Waals surface area (Å²) in [5.74, 6) is 0. The van der Waals surface area contributed by atoms with Gasteiger partial charge in [-0.05, 0) is 47.2 Å². The van der Waals surface area contributed by atoms with Gasteiger partial charge in [0.2, 0.25) is 0 Å². The van der Waals surface area contributed by atoms with Crippen LogP contribution in [0.2, 0.25) is 0 Å². The van der Waals surface area contributed by atoms with E-state index in [0.29, 0.717) is 0 Å². The van der Waals surface area contributed by atoms with Crippen LogP contribution in [0.25, 0.3) is 5.57 Å². The Labute approximate surface area is 83.0 Å². The van der Waals surface area contributed by atoms with E-state index in [0.717, 1.165) is 13.1 Å². The molecule has 0 aliphatic carbocycles. The summed E-state index contributed by atoms with van der Waals surface area (Å²) in [6, 6.07) is 2.17. The van der Waals surface area contributed by atoms with E-state index in [1.54, 1.807) is 11.3 Å². The highest BCUT2D eigenvalue weighted by Gasteiger charge is 2.04. The van der Waals surface area contributed by atoms with E-state index in [9.17, 15) is 0 Å². The summed E-state index contributed by atoms with van der Waals surface area (Å²) in [6.07, 6.45) is 6.65. The van der Waals surface area contributed by atoms with E-state index in [1.165, 1.54) is 11.1 Å². The maximum absolute atomic E-state index is 2.29. The predicted molar refractivity (Wildman–Crippen MR) is 58.7 cm³/mol. The van der Waals surface area contributed by atoms with Gasteiger partial charge in [-0.3, -0.25) is 0 Å². The van der Waals surface area contributed by atoms with Crippen molar-refractivity contribution in [3.05, 3.63) is 40.7 Å². The molecular weight excluding hydrogens is 178 g/mol. The van der Waals surface area contributed by atoms with E-state index in [-0.39, 0.29) is 0 Å². The number of allylic oxidation sites excluding steroid dienone is 2. The van der Waals surface area contributed by atoms with E-state index in [1.807, 2.05) is 0 Å². The number of likely N-dealkylation sites (N-methyl/N-ethyl adjacent to an activating group) is 1. The third kappa shape index (κ3) is 1.83. The Hall–Kier alpha value is -1.02. The third-order valence-corrected chi connectivity index (χ3v) is 2.95. The highest BCUT2D eigenvalue weighted by atomic mass is 32.1. The van der Waals surface area contributed by atoms with Gasteiger partial charge in [0.15, 0.2) is 0 Å². The molecule has 2 heterocycles. The number of hydrogen-bond donors (Lipinski definition) is 0. The van der Waals surface area contributed by atoms with Crippen LogP contribution in [0.1, 0.15) is 12.5 Å². The molecule has 1 aromatic rings. The molecule has 0 bridgehead atoms. The number of thiophene rings is 1. The number of nitrogens with zero attached hydrogens (tertiary/aromatic N) is 1. The largest absolute Gasteiger partial charge is 0.374 e. The van der Waals surface area contributed by atoms with Gasteiger partial charge in [-0.25, -0.2) is 0 Å². The SMILES string of the molecule is CCN1C=CC(c2ccsc2)=CC1. The molecule has 0 N–H and O–H groups in total. The van der Waals surface area contributed by atoms with Crippen LogP contribution >= 0.6 is 11.3 Å². The minimum atomic E-state index is 1.04. The van der Waals surface area contributed by atoms with Gasteiger partial charge >= 0.3 is 0 Å². The first-order valence-electron chi connectivity index (χ1n) is 4.55. The summed E-state index contributed by atoms with van der Waals surface area (Å²) < 4.78 is 0. The average molecular weight is 191 g/mol. The first kappa shape index (κ1) is 8.57. The van der Waals surface area contributed by atoms with Gasteiger partial charge in [0.1, 0.15) is 0 Å². The van der Waals surface area contributed by atoms with Gasteiger partial charge < -0.3 is 4.90 Å². The molecular formula is C11H13NS. The Morgan fingerprint density at radius 1 is 1.54 bits per heavy atom. The van der Waals surface area contributed by atoms with Crippen molar-refractivity contribution in [2.24, 2.45) is 0 Å². The molecule has 68 valence electrons. The van der Waals surface area contributed by atoms with Gasteiger partial charge in [0.25, 0.3) is 0 Å². The lowest BCUT2D eigenvalue weighted by molar-refractivity contribution is 0.437. The summed E-state index contributed by atoms with van der Waals surface area (Å²) in [4.78, 5) is 2.29. The van der Waals surface area contributed by atoms with Crippen molar-refractivity contribution >= 4 is 16.9 Å². The highest BCUT2D eigenvalue weighted by molar-refractivity contribution is 7.08. The van der Waals surface area contributed by atoms with Crippen LogP contribution in [-0.4, -0.2) is 18.0 Å². The minimum absolute atomic E-state index is 1.04. The summed E-state index contributed by atoms with van der Waals surface area (Å²) in [5.41, 5.74) is 2.70. The van der Waals surface area contributed by atoms with Crippen molar-refractivity contribution in [3.8, 4) is 0 Å². The summed E-state index contributed by atoms with van der Waals surface area (Å²) in [7, 11) is 0. The average Bonchev–Trinajstić information content (AvgIpc) is 2.71. The molecule has 0 amide bonds. The minimum Gasteiger partial charge on any atom is -0.374 e. The topological polar surface area (TPSA) is 3.24 Å². The van der Waals surface area contributed by atoms with Crippen molar-refractivity contribution in [1.82, 2.24) is 4.90 Å². The Morgan fingerprint density at radius 3 is 3.00 bits per heavy atom. The molecule has 0 unspecified atom stereocenters. The van der Waals surface area contributed by atoms with Gasteiger partial charge in [-0.15, -0.1) is 0 Å². The Morgan fingerprint density at radius 2 is 2.46 bits per heavy atom. The smallest absolute Gasteiger partial charge is 0.0362 e. The maximum Gasteiger partial charge on any atom is 0.0362 e. The summed E-state index contributed by atoms with van der Waals surface area (Å²) in [5, 5.41) is 4.31. The Kier molecular flexibility index (Phi) is 2.50. The van der Waals surface area contributed by atoms with Crippen molar-refractivity contribution in [1.29, 1.82) is 0 Å². The zero-order valence-corrected chi connectivity index (χ0v) is 8.55. The molecule has 0 saturated carbocycles. The lowest BCUT2D eigenvalue weighted by Crippen LogP contribution is -2.18. The second-order valence-corrected chi connectivity index (χ2v) is 3.85. The first-order chi connectivity index (χ1) is 6.40. The lowest BCUT2D eigenvalue weighted by Gasteiger charge is -2.20. The maximum atomic E-state index is 2.29. The van der Waals surface area contributed by atoms with Crippen LogP contribution < -0.4 is 0 Å². The van der Waals surface area contributed by atoms with E-state index in [4.69, 9.17) is 0 Å². The van der Waals surface area contributed by atoms with Crippen LogP contribution in [-0.2, 0) is 0 Å². The predicted octanol–water partition coefficient (Wildman–Crippen LogP) is 2.98. The van der Waals surface area contributed by atoms with Crippen LogP contribution in [0, 0.1) is 0 Å².